The molecule has 2 saturated heterocycles. The molecule has 2 unspecified atom stereocenters. The Morgan fingerprint density at radius 1 is 0.607 bits per heavy atom. The molecule has 0 aliphatic carbocycles. The van der Waals surface area contributed by atoms with E-state index in [-0.39, 0.29) is 35.7 Å². The van der Waals surface area contributed by atoms with E-state index >= 15 is 0 Å². The third-order valence-corrected chi connectivity index (χ3v) is 10.9. The number of aliphatic hydroxyl groups is 2. The number of benzene rings is 2. The molecule has 2 fully saturated rings. The monoisotopic (exact) mass is 766 g/mol. The second-order valence-electron chi connectivity index (χ2n) is 15.7. The molecular formula is C42H54N8O6. The Balaban J connectivity index is 1.07. The van der Waals surface area contributed by atoms with Gasteiger partial charge in [-0.15, -0.1) is 0 Å². The van der Waals surface area contributed by atoms with Crippen LogP contribution in [-0.4, -0.2) is 101 Å². The normalized spacial score (nSPS) is 19.2. The smallest absolute Gasteiger partial charge is 0.249 e. The summed E-state index contributed by atoms with van der Waals surface area (Å²) in [5.74, 6) is -0.625. The number of nitrogens with zero attached hydrogens (tertiary/aromatic N) is 4. The van der Waals surface area contributed by atoms with Crippen LogP contribution in [0.15, 0.2) is 60.9 Å². The highest BCUT2D eigenvalue weighted by Gasteiger charge is 2.37. The first kappa shape index (κ1) is 40.3. The Morgan fingerprint density at radius 2 is 0.946 bits per heavy atom. The number of rotatable bonds is 13. The lowest BCUT2D eigenvalue weighted by Crippen LogP contribution is -2.50. The van der Waals surface area contributed by atoms with Crippen LogP contribution in [0.1, 0.15) is 91.0 Å². The first-order valence-electron chi connectivity index (χ1n) is 19.6. The summed E-state index contributed by atoms with van der Waals surface area (Å²) in [5, 5.41) is 25.5. The van der Waals surface area contributed by atoms with Gasteiger partial charge in [0.25, 0.3) is 0 Å². The minimum Gasteiger partial charge on any atom is -0.383 e. The summed E-state index contributed by atoms with van der Waals surface area (Å²) in [6.45, 7) is 11.4. The Morgan fingerprint density at radius 3 is 1.29 bits per heavy atom. The van der Waals surface area contributed by atoms with Gasteiger partial charge in [-0.2, -0.15) is 0 Å². The first-order chi connectivity index (χ1) is 26.7. The van der Waals surface area contributed by atoms with E-state index in [0.717, 1.165) is 59.3 Å². The number of nitrogens with one attached hydrogen (secondary N) is 4. The van der Waals surface area contributed by atoms with Gasteiger partial charge in [-0.1, -0.05) is 76.2 Å². The second kappa shape index (κ2) is 17.2. The minimum atomic E-state index is -1.17. The average molecular weight is 767 g/mol. The number of aromatic nitrogens is 4. The van der Waals surface area contributed by atoms with Gasteiger partial charge in [-0.25, -0.2) is 9.97 Å². The maximum Gasteiger partial charge on any atom is 0.249 e. The molecule has 0 spiro atoms. The van der Waals surface area contributed by atoms with Gasteiger partial charge < -0.3 is 40.6 Å². The zero-order valence-electron chi connectivity index (χ0n) is 33.0. The van der Waals surface area contributed by atoms with Crippen LogP contribution < -0.4 is 10.6 Å². The largest absolute Gasteiger partial charge is 0.383 e. The Kier molecular flexibility index (Phi) is 12.4. The third kappa shape index (κ3) is 8.71. The Hall–Kier alpha value is -5.34. The molecular weight excluding hydrogens is 713 g/mol. The number of amides is 4. The number of hydrogen-bond donors (Lipinski definition) is 6. The lowest BCUT2D eigenvalue weighted by molar-refractivity contribution is -0.140. The van der Waals surface area contributed by atoms with E-state index in [1.165, 1.54) is 0 Å². The molecule has 56 heavy (non-hydrogen) atoms. The number of aliphatic hydroxyl groups excluding tert-OH is 2. The zero-order valence-corrected chi connectivity index (χ0v) is 33.0. The molecule has 6 N–H and O–H groups in total. The van der Waals surface area contributed by atoms with Gasteiger partial charge in [0.05, 0.1) is 35.9 Å². The van der Waals surface area contributed by atoms with Crippen molar-refractivity contribution in [1.29, 1.82) is 0 Å². The summed E-state index contributed by atoms with van der Waals surface area (Å²) in [6, 6.07) is 14.3. The van der Waals surface area contributed by atoms with E-state index in [1.54, 1.807) is 63.7 Å². The second-order valence-corrected chi connectivity index (χ2v) is 15.7. The van der Waals surface area contributed by atoms with Crippen molar-refractivity contribution in [3.63, 3.8) is 0 Å². The number of carbonyl (C=O) groups is 4. The van der Waals surface area contributed by atoms with Crippen LogP contribution >= 0.6 is 0 Å². The molecule has 0 bridgehead atoms. The molecule has 298 valence electrons. The topological polar surface area (TPSA) is 197 Å². The van der Waals surface area contributed by atoms with E-state index in [0.29, 0.717) is 24.7 Å². The number of imidazole rings is 2. The van der Waals surface area contributed by atoms with Crippen molar-refractivity contribution in [2.24, 2.45) is 11.8 Å². The molecule has 2 aromatic carbocycles. The molecule has 0 saturated carbocycles. The van der Waals surface area contributed by atoms with Gasteiger partial charge in [-0.05, 0) is 73.6 Å². The number of hydrogen-bond acceptors (Lipinski definition) is 8. The molecule has 2 aliphatic rings. The third-order valence-electron chi connectivity index (χ3n) is 10.9. The Labute approximate surface area is 327 Å². The highest BCUT2D eigenvalue weighted by Crippen LogP contribution is 2.34. The molecule has 2 aliphatic heterocycles. The van der Waals surface area contributed by atoms with Crippen molar-refractivity contribution in [3.8, 4) is 33.6 Å². The van der Waals surface area contributed by atoms with Crippen molar-refractivity contribution < 1.29 is 29.4 Å². The van der Waals surface area contributed by atoms with Crippen molar-refractivity contribution >= 4 is 23.6 Å². The van der Waals surface area contributed by atoms with Crippen LogP contribution in [0.2, 0.25) is 0 Å². The Bertz CT molecular complexity index is 1860. The highest BCUT2D eigenvalue weighted by atomic mass is 16.3. The van der Waals surface area contributed by atoms with E-state index in [1.807, 2.05) is 24.3 Å². The van der Waals surface area contributed by atoms with Crippen LogP contribution in [0, 0.1) is 11.8 Å². The molecule has 6 rings (SSSR count). The maximum atomic E-state index is 13.3. The van der Waals surface area contributed by atoms with Crippen LogP contribution in [-0.2, 0) is 19.2 Å². The number of H-pyrrole nitrogens is 2. The van der Waals surface area contributed by atoms with Crippen LogP contribution in [0.4, 0.5) is 0 Å². The fraction of sp³-hybridized carbons (Fsp3) is 0.476. The van der Waals surface area contributed by atoms with Gasteiger partial charge in [0.15, 0.2) is 0 Å². The van der Waals surface area contributed by atoms with Gasteiger partial charge in [-0.3, -0.25) is 19.2 Å². The molecule has 4 amide bonds. The van der Waals surface area contributed by atoms with E-state index in [9.17, 15) is 29.4 Å². The van der Waals surface area contributed by atoms with E-state index in [4.69, 9.17) is 0 Å². The van der Waals surface area contributed by atoms with Gasteiger partial charge in [0.2, 0.25) is 23.6 Å². The minimum absolute atomic E-state index is 0.205. The predicted molar refractivity (Wildman–Crippen MR) is 211 cm³/mol. The van der Waals surface area contributed by atoms with Crippen molar-refractivity contribution in [1.82, 2.24) is 40.4 Å². The van der Waals surface area contributed by atoms with Crippen molar-refractivity contribution in [2.45, 2.75) is 104 Å². The fourth-order valence-corrected chi connectivity index (χ4v) is 7.44. The zero-order chi connectivity index (χ0) is 40.3. The summed E-state index contributed by atoms with van der Waals surface area (Å²) >= 11 is 0. The summed E-state index contributed by atoms with van der Waals surface area (Å²) in [6.07, 6.45) is 4.37. The summed E-state index contributed by atoms with van der Waals surface area (Å²) in [4.78, 5) is 71.0. The highest BCUT2D eigenvalue weighted by molar-refractivity contribution is 5.90. The summed E-state index contributed by atoms with van der Waals surface area (Å²) in [7, 11) is 0. The van der Waals surface area contributed by atoms with E-state index < -0.39 is 36.1 Å². The summed E-state index contributed by atoms with van der Waals surface area (Å²) in [5.41, 5.74) is 5.67. The molecule has 14 heteroatoms. The van der Waals surface area contributed by atoms with Crippen LogP contribution in [0.25, 0.3) is 33.6 Å². The fourth-order valence-electron chi connectivity index (χ4n) is 7.44. The average Bonchev–Trinajstić information content (AvgIpc) is 4.03. The van der Waals surface area contributed by atoms with Gasteiger partial charge >= 0.3 is 0 Å². The maximum absolute atomic E-state index is 13.3. The molecule has 14 nitrogen and oxygen atoms in total. The molecule has 6 atom stereocenters. The number of carbonyl (C=O) groups excluding carboxylic acids is 4. The van der Waals surface area contributed by atoms with Crippen LogP contribution in [0.5, 0.6) is 0 Å². The quantitative estimate of drug-likeness (QED) is 0.114. The standard InChI is InChI=1S/C42H54N8O6/c1-23(2)35(51)39(53)45-25(5)41(55)49-19-7-9-33(49)37-43-21-31(47-37)29-15-11-27(12-16-29)28-13-17-30(18-14-28)32-22-44-38(48-32)34-10-8-20-50(34)42(56)26(6)46-40(54)36(52)24(3)4/h11-18,21-26,33-36,51-52H,7-10,19-20H2,1-6H3,(H,43,47)(H,44,48)(H,45,53)(H,46,54)/t25-,26-,33-,34?,35+,36?/m0/s1. The predicted octanol–water partition coefficient (Wildman–Crippen LogP) is 4.50. The molecule has 4 heterocycles. The van der Waals surface area contributed by atoms with Crippen LogP contribution in [0.3, 0.4) is 0 Å². The lowest BCUT2D eigenvalue weighted by Gasteiger charge is -2.27. The lowest BCUT2D eigenvalue weighted by atomic mass is 10.0. The number of likely N-dealkylation sites (tertiary alicyclic amines) is 2. The molecule has 2 aromatic heterocycles. The van der Waals surface area contributed by atoms with E-state index in [2.05, 4.69) is 54.8 Å². The first-order valence-corrected chi connectivity index (χ1v) is 19.6. The number of aromatic amines is 2. The summed E-state index contributed by atoms with van der Waals surface area (Å²) < 4.78 is 0. The van der Waals surface area contributed by atoms with Gasteiger partial charge in [0.1, 0.15) is 35.9 Å². The van der Waals surface area contributed by atoms with Gasteiger partial charge in [0, 0.05) is 13.1 Å². The molecule has 4 aromatic rings. The molecule has 0 radical (unpaired) electrons. The van der Waals surface area contributed by atoms with Crippen molar-refractivity contribution in [2.75, 3.05) is 13.1 Å². The van der Waals surface area contributed by atoms with Crippen molar-refractivity contribution in [3.05, 3.63) is 72.6 Å². The SMILES string of the molecule is CC(C)C(O)C(=O)N[C@@H](C)C(=O)N1CCCC1c1ncc(-c2ccc(-c3ccc(-c4cnc([C@@H]5CCCN5C(=O)[C@H](C)NC(=O)[C@H](O)C(C)C)[nH]4)cc3)cc2)[nH]1.